The number of hydrogen-bond acceptors (Lipinski definition) is 6. The zero-order valence-electron chi connectivity index (χ0n) is 16.3. The molecule has 6 nitrogen and oxygen atoms in total. The molecule has 1 spiro atoms. The third-order valence-corrected chi connectivity index (χ3v) is 8.78. The maximum Gasteiger partial charge on any atom is 0.268 e. The highest BCUT2D eigenvalue weighted by molar-refractivity contribution is 7.92. The summed E-state index contributed by atoms with van der Waals surface area (Å²) in [6.45, 7) is 1.22. The maximum atomic E-state index is 15.0. The van der Waals surface area contributed by atoms with Gasteiger partial charge in [-0.15, -0.1) is 11.3 Å². The molecule has 1 aliphatic carbocycles. The molecule has 2 atom stereocenters. The van der Waals surface area contributed by atoms with Gasteiger partial charge in [0.1, 0.15) is 10.8 Å². The molecule has 0 bridgehead atoms. The molecule has 0 amide bonds. The van der Waals surface area contributed by atoms with Crippen LogP contribution in [0.3, 0.4) is 0 Å². The van der Waals surface area contributed by atoms with Crippen LogP contribution >= 0.6 is 34.5 Å². The van der Waals surface area contributed by atoms with Crippen LogP contribution in [0.15, 0.2) is 16.3 Å². The lowest BCUT2D eigenvalue weighted by molar-refractivity contribution is 0.0177. The lowest BCUT2D eigenvalue weighted by atomic mass is 9.63. The number of hydrogen-bond donors (Lipinski definition) is 1. The molecular weight excluding hydrogens is 477 g/mol. The van der Waals surface area contributed by atoms with E-state index in [9.17, 15) is 12.8 Å². The average Bonchev–Trinajstić information content (AvgIpc) is 3.24. The van der Waals surface area contributed by atoms with Crippen LogP contribution in [0.25, 0.3) is 0 Å². The minimum Gasteiger partial charge on any atom is -0.370 e. The zero-order valence-corrected chi connectivity index (χ0v) is 19.4. The van der Waals surface area contributed by atoms with Crippen LogP contribution in [0.1, 0.15) is 19.3 Å². The van der Waals surface area contributed by atoms with Gasteiger partial charge >= 0.3 is 0 Å². The number of anilines is 2. The highest BCUT2D eigenvalue weighted by Crippen LogP contribution is 2.52. The van der Waals surface area contributed by atoms with Crippen LogP contribution in [0, 0.1) is 17.0 Å². The van der Waals surface area contributed by atoms with Gasteiger partial charge in [0.15, 0.2) is 21.0 Å². The number of thiazole rings is 1. The molecule has 1 aromatic heterocycles. The fourth-order valence-electron chi connectivity index (χ4n) is 4.59. The second kappa shape index (κ2) is 7.74. The smallest absolute Gasteiger partial charge is 0.268 e. The van der Waals surface area contributed by atoms with Crippen molar-refractivity contribution in [2.45, 2.75) is 30.2 Å². The Morgan fingerprint density at radius 2 is 2.07 bits per heavy atom. The van der Waals surface area contributed by atoms with Crippen molar-refractivity contribution in [2.75, 3.05) is 36.8 Å². The molecule has 0 radical (unpaired) electrons. The van der Waals surface area contributed by atoms with Gasteiger partial charge in [-0.1, -0.05) is 23.2 Å². The number of sulfonamides is 1. The normalized spacial score (nSPS) is 24.0. The largest absolute Gasteiger partial charge is 0.370 e. The first-order valence-electron chi connectivity index (χ1n) is 9.27. The minimum atomic E-state index is -4.58. The van der Waals surface area contributed by atoms with E-state index in [1.54, 1.807) is 0 Å². The summed E-state index contributed by atoms with van der Waals surface area (Å²) in [6.07, 6.45) is 3.02. The lowest BCUT2D eigenvalue weighted by Crippen LogP contribution is -2.54. The highest BCUT2D eigenvalue weighted by atomic mass is 35.5. The van der Waals surface area contributed by atoms with Crippen molar-refractivity contribution in [2.24, 2.45) is 5.41 Å². The number of nitrogens with zero attached hydrogens (tertiary/aromatic N) is 3. The highest BCUT2D eigenvalue weighted by Gasteiger charge is 2.52. The van der Waals surface area contributed by atoms with Gasteiger partial charge in [0.05, 0.1) is 5.69 Å². The van der Waals surface area contributed by atoms with Crippen molar-refractivity contribution in [3.05, 3.63) is 32.6 Å². The molecule has 2 aliphatic rings. The van der Waals surface area contributed by atoms with Crippen molar-refractivity contribution >= 4 is 56.1 Å². The minimum absolute atomic E-state index is 0.0654. The molecule has 1 saturated carbocycles. The Kier molecular flexibility index (Phi) is 5.68. The first-order valence-corrected chi connectivity index (χ1v) is 12.4. The van der Waals surface area contributed by atoms with Crippen molar-refractivity contribution in [1.29, 1.82) is 0 Å². The molecule has 2 aromatic rings. The van der Waals surface area contributed by atoms with Crippen LogP contribution in [0.2, 0.25) is 9.49 Å². The number of halogens is 4. The molecule has 12 heteroatoms. The molecule has 1 saturated heterocycles. The molecule has 4 rings (SSSR count). The number of aromatic nitrogens is 1. The van der Waals surface area contributed by atoms with Gasteiger partial charge in [0, 0.05) is 36.0 Å². The van der Waals surface area contributed by atoms with Crippen molar-refractivity contribution in [3.63, 3.8) is 0 Å². The first-order chi connectivity index (χ1) is 14.0. The van der Waals surface area contributed by atoms with E-state index in [-0.39, 0.29) is 21.4 Å². The molecule has 30 heavy (non-hydrogen) atoms. The van der Waals surface area contributed by atoms with Gasteiger partial charge < -0.3 is 9.80 Å². The number of benzene rings is 1. The fraction of sp³-hybridized carbons (Fsp3) is 0.500. The Bertz CT molecular complexity index is 1100. The van der Waals surface area contributed by atoms with Crippen molar-refractivity contribution in [1.82, 2.24) is 9.88 Å². The summed E-state index contributed by atoms with van der Waals surface area (Å²) in [5, 5.41) is 0.917. The molecule has 1 aliphatic heterocycles. The predicted octanol–water partition coefficient (Wildman–Crippen LogP) is 4.45. The van der Waals surface area contributed by atoms with E-state index in [1.165, 1.54) is 5.38 Å². The topological polar surface area (TPSA) is 65.5 Å². The Hall–Kier alpha value is -1.20. The van der Waals surface area contributed by atoms with Crippen LogP contribution in [-0.4, -0.2) is 51.5 Å². The molecule has 1 N–H and O–H groups in total. The summed E-state index contributed by atoms with van der Waals surface area (Å²) < 4.78 is 57.1. The second-order valence-electron chi connectivity index (χ2n) is 7.98. The summed E-state index contributed by atoms with van der Waals surface area (Å²) in [6, 6.07) is 1.40. The maximum absolute atomic E-state index is 15.0. The Labute approximate surface area is 187 Å². The van der Waals surface area contributed by atoms with Gasteiger partial charge in [0.2, 0.25) is 0 Å². The van der Waals surface area contributed by atoms with Crippen molar-refractivity contribution in [3.8, 4) is 0 Å². The predicted molar refractivity (Wildman–Crippen MR) is 115 cm³/mol. The summed E-state index contributed by atoms with van der Waals surface area (Å²) in [4.78, 5) is 6.63. The van der Waals surface area contributed by atoms with E-state index in [2.05, 4.69) is 9.88 Å². The van der Waals surface area contributed by atoms with Gasteiger partial charge in [-0.3, -0.25) is 4.72 Å². The van der Waals surface area contributed by atoms with Crippen LogP contribution in [0.4, 0.5) is 20.3 Å². The fourth-order valence-corrected chi connectivity index (χ4v) is 6.83. The molecule has 1 aromatic carbocycles. The quantitative estimate of drug-likeness (QED) is 0.619. The summed E-state index contributed by atoms with van der Waals surface area (Å²) in [7, 11) is -0.524. The molecule has 2 fully saturated rings. The average molecular weight is 497 g/mol. The standard InChI is InChI=1S/C18H20Cl2F2N4O2S2/c1-25(2)12-3-4-18(12)5-6-26(9-18)11-7-10(21)16(15(22)14(11)19)30(27,28)24-13-8-29-17(20)23-13/h7-8,12,24H,3-6,9H2,1-2H3/t12-,18-/m0/s1. The molecule has 164 valence electrons. The van der Waals surface area contributed by atoms with Crippen LogP contribution in [-0.2, 0) is 10.0 Å². The molecular formula is C18H20Cl2F2N4O2S2. The van der Waals surface area contributed by atoms with Crippen LogP contribution in [0.5, 0.6) is 0 Å². The van der Waals surface area contributed by atoms with Crippen LogP contribution < -0.4 is 9.62 Å². The van der Waals surface area contributed by atoms with E-state index >= 15 is 4.39 Å². The van der Waals surface area contributed by atoms with Crippen molar-refractivity contribution < 1.29 is 17.2 Å². The molecule has 0 unspecified atom stereocenters. The molecule has 2 heterocycles. The zero-order chi connectivity index (χ0) is 21.8. The van der Waals surface area contributed by atoms with E-state index in [0.29, 0.717) is 19.1 Å². The third-order valence-electron chi connectivity index (χ3n) is 6.05. The summed E-state index contributed by atoms with van der Waals surface area (Å²) in [5.41, 5.74) is 0.235. The van der Waals surface area contributed by atoms with E-state index in [0.717, 1.165) is 36.7 Å². The number of nitrogens with one attached hydrogen (secondary N) is 1. The van der Waals surface area contributed by atoms with Gasteiger partial charge in [-0.25, -0.2) is 22.2 Å². The number of rotatable bonds is 5. The van der Waals surface area contributed by atoms with E-state index < -0.39 is 31.6 Å². The lowest BCUT2D eigenvalue weighted by Gasteiger charge is -2.50. The van der Waals surface area contributed by atoms with E-state index in [1.807, 2.05) is 23.7 Å². The Morgan fingerprint density at radius 1 is 1.33 bits per heavy atom. The second-order valence-corrected chi connectivity index (χ2v) is 11.4. The summed E-state index contributed by atoms with van der Waals surface area (Å²) in [5.74, 6) is -2.65. The Balaban J connectivity index is 1.64. The monoisotopic (exact) mass is 496 g/mol. The summed E-state index contributed by atoms with van der Waals surface area (Å²) >= 11 is 12.9. The third kappa shape index (κ3) is 3.66. The van der Waals surface area contributed by atoms with E-state index in [4.69, 9.17) is 23.2 Å². The van der Waals surface area contributed by atoms with Gasteiger partial charge in [-0.2, -0.15) is 0 Å². The Morgan fingerprint density at radius 3 is 2.63 bits per heavy atom. The SMILES string of the molecule is CN(C)[C@H]1CC[C@@]12CCN(c1cc(F)c(S(=O)(=O)Nc3csc(Cl)n3)c(F)c1Cl)C2. The first kappa shape index (κ1) is 22.0. The van der Waals surface area contributed by atoms with Gasteiger partial charge in [0.25, 0.3) is 10.0 Å². The van der Waals surface area contributed by atoms with Gasteiger partial charge in [-0.05, 0) is 33.4 Å².